The summed E-state index contributed by atoms with van der Waals surface area (Å²) in [5, 5.41) is 7.84. The van der Waals surface area contributed by atoms with E-state index in [1.165, 1.54) is 0 Å². The molecule has 1 amide bonds. The third kappa shape index (κ3) is 3.19. The number of rotatable bonds is 5. The monoisotopic (exact) mass is 312 g/mol. The third-order valence-corrected chi connectivity index (χ3v) is 4.95. The minimum atomic E-state index is -0.616. The van der Waals surface area contributed by atoms with Gasteiger partial charge in [0.2, 0.25) is 5.91 Å². The number of thiazole rings is 1. The summed E-state index contributed by atoms with van der Waals surface area (Å²) in [5.41, 5.74) is 0.201. The van der Waals surface area contributed by atoms with Crippen LogP contribution in [0.2, 0.25) is 0 Å². The number of thiol groups is 1. The predicted octanol–water partition coefficient (Wildman–Crippen LogP) is 3.20. The van der Waals surface area contributed by atoms with Crippen LogP contribution >= 0.6 is 35.3 Å². The number of amides is 1. The Labute approximate surface area is 126 Å². The van der Waals surface area contributed by atoms with E-state index in [4.69, 9.17) is 0 Å². The number of hydrogen-bond acceptors (Lipinski definition) is 5. The van der Waals surface area contributed by atoms with Gasteiger partial charge >= 0.3 is 0 Å². The molecule has 6 heteroatoms. The Morgan fingerprint density at radius 1 is 1.47 bits per heavy atom. The predicted molar refractivity (Wildman–Crippen MR) is 85.3 cm³/mol. The molecular weight excluding hydrogens is 296 g/mol. The van der Waals surface area contributed by atoms with Crippen LogP contribution in [0.5, 0.6) is 0 Å². The number of thiophene rings is 1. The van der Waals surface area contributed by atoms with Crippen LogP contribution in [0.25, 0.3) is 9.88 Å². The number of nitrogens with one attached hydrogen (secondary N) is 1. The molecule has 1 N–H and O–H groups in total. The zero-order chi connectivity index (χ0) is 13.9. The van der Waals surface area contributed by atoms with Crippen LogP contribution < -0.4 is 5.32 Å². The van der Waals surface area contributed by atoms with Gasteiger partial charge in [0.25, 0.3) is 0 Å². The molecule has 0 saturated heterocycles. The molecule has 0 aromatic carbocycles. The van der Waals surface area contributed by atoms with E-state index in [2.05, 4.69) is 22.9 Å². The highest BCUT2D eigenvalue weighted by molar-refractivity contribution is 7.80. The Kier molecular flexibility index (Phi) is 4.65. The summed E-state index contributed by atoms with van der Waals surface area (Å²) in [6, 6.07) is 4.05. The van der Waals surface area contributed by atoms with Crippen LogP contribution in [-0.2, 0) is 10.2 Å². The SMILES string of the molecule is CC(C)(C(=O)NCCS)c1csc(-c2cccs2)n1. The number of carbonyl (C=O) groups excluding carboxylic acids is 1. The Hall–Kier alpha value is -0.850. The molecule has 0 bridgehead atoms. The van der Waals surface area contributed by atoms with Crippen LogP contribution in [-0.4, -0.2) is 23.2 Å². The molecule has 2 aromatic heterocycles. The van der Waals surface area contributed by atoms with Crippen molar-refractivity contribution in [3.8, 4) is 9.88 Å². The highest BCUT2D eigenvalue weighted by Crippen LogP contribution is 2.32. The van der Waals surface area contributed by atoms with Gasteiger partial charge in [0, 0.05) is 17.7 Å². The van der Waals surface area contributed by atoms with Gasteiger partial charge in [-0.2, -0.15) is 12.6 Å². The van der Waals surface area contributed by atoms with Crippen LogP contribution in [0.3, 0.4) is 0 Å². The lowest BCUT2D eigenvalue weighted by Gasteiger charge is -2.21. The maximum Gasteiger partial charge on any atom is 0.231 e. The Morgan fingerprint density at radius 2 is 2.26 bits per heavy atom. The molecule has 0 aliphatic rings. The van der Waals surface area contributed by atoms with Gasteiger partial charge < -0.3 is 5.32 Å². The normalized spacial score (nSPS) is 11.5. The molecule has 0 spiro atoms. The van der Waals surface area contributed by atoms with E-state index >= 15 is 0 Å². The quantitative estimate of drug-likeness (QED) is 0.833. The lowest BCUT2D eigenvalue weighted by atomic mass is 9.89. The van der Waals surface area contributed by atoms with E-state index in [-0.39, 0.29) is 5.91 Å². The summed E-state index contributed by atoms with van der Waals surface area (Å²) < 4.78 is 0. The topological polar surface area (TPSA) is 42.0 Å². The summed E-state index contributed by atoms with van der Waals surface area (Å²) >= 11 is 7.34. The minimum Gasteiger partial charge on any atom is -0.354 e. The summed E-state index contributed by atoms with van der Waals surface area (Å²) in [6.07, 6.45) is 0. The molecule has 19 heavy (non-hydrogen) atoms. The average Bonchev–Trinajstić information content (AvgIpc) is 3.04. The van der Waals surface area contributed by atoms with Gasteiger partial charge in [-0.3, -0.25) is 4.79 Å². The molecular formula is C13H16N2OS3. The van der Waals surface area contributed by atoms with E-state index in [1.54, 1.807) is 22.7 Å². The molecule has 0 aliphatic carbocycles. The molecule has 3 nitrogen and oxygen atoms in total. The molecule has 0 unspecified atom stereocenters. The summed E-state index contributed by atoms with van der Waals surface area (Å²) in [7, 11) is 0. The van der Waals surface area contributed by atoms with Gasteiger partial charge in [0.15, 0.2) is 0 Å². The molecule has 0 fully saturated rings. The maximum atomic E-state index is 12.1. The van der Waals surface area contributed by atoms with Gasteiger partial charge in [-0.25, -0.2) is 4.98 Å². The Balaban J connectivity index is 2.19. The Bertz CT molecular complexity index is 546. The van der Waals surface area contributed by atoms with Crippen molar-refractivity contribution in [3.63, 3.8) is 0 Å². The number of nitrogens with zero attached hydrogens (tertiary/aromatic N) is 1. The highest BCUT2D eigenvalue weighted by atomic mass is 32.1. The van der Waals surface area contributed by atoms with E-state index in [0.29, 0.717) is 12.3 Å². The van der Waals surface area contributed by atoms with E-state index in [0.717, 1.165) is 15.6 Å². The fourth-order valence-corrected chi connectivity index (χ4v) is 3.49. The Morgan fingerprint density at radius 3 is 2.89 bits per heavy atom. The number of aromatic nitrogens is 1. The van der Waals surface area contributed by atoms with Crippen LogP contribution in [0.4, 0.5) is 0 Å². The van der Waals surface area contributed by atoms with Gasteiger partial charge in [0.1, 0.15) is 5.01 Å². The third-order valence-electron chi connectivity index (χ3n) is 2.84. The van der Waals surface area contributed by atoms with Crippen LogP contribution in [0.1, 0.15) is 19.5 Å². The van der Waals surface area contributed by atoms with Crippen molar-refractivity contribution in [3.05, 3.63) is 28.6 Å². The molecule has 0 atom stereocenters. The summed E-state index contributed by atoms with van der Waals surface area (Å²) in [4.78, 5) is 17.9. The van der Waals surface area contributed by atoms with Crippen molar-refractivity contribution in [2.45, 2.75) is 19.3 Å². The molecule has 2 rings (SSSR count). The van der Waals surface area contributed by atoms with E-state index in [1.807, 2.05) is 36.7 Å². The van der Waals surface area contributed by atoms with Crippen molar-refractivity contribution < 1.29 is 4.79 Å². The number of hydrogen-bond donors (Lipinski definition) is 2. The molecule has 2 aromatic rings. The van der Waals surface area contributed by atoms with Crippen molar-refractivity contribution in [2.24, 2.45) is 0 Å². The molecule has 0 saturated carbocycles. The van der Waals surface area contributed by atoms with Crippen molar-refractivity contribution >= 4 is 41.2 Å². The summed E-state index contributed by atoms with van der Waals surface area (Å²) in [5.74, 6) is 0.629. The second-order valence-corrected chi connectivity index (χ2v) is 6.87. The lowest BCUT2D eigenvalue weighted by molar-refractivity contribution is -0.125. The van der Waals surface area contributed by atoms with Gasteiger partial charge in [-0.1, -0.05) is 6.07 Å². The smallest absolute Gasteiger partial charge is 0.231 e. The van der Waals surface area contributed by atoms with Crippen LogP contribution in [0, 0.1) is 0 Å². The lowest BCUT2D eigenvalue weighted by Crippen LogP contribution is -2.41. The minimum absolute atomic E-state index is 0.00965. The van der Waals surface area contributed by atoms with Crippen molar-refractivity contribution in [1.82, 2.24) is 10.3 Å². The van der Waals surface area contributed by atoms with E-state index in [9.17, 15) is 4.79 Å². The molecule has 0 radical (unpaired) electrons. The van der Waals surface area contributed by atoms with Gasteiger partial charge in [-0.05, 0) is 25.3 Å². The first-order chi connectivity index (χ1) is 9.05. The zero-order valence-corrected chi connectivity index (χ0v) is 13.4. The molecule has 2 heterocycles. The van der Waals surface area contributed by atoms with Gasteiger partial charge in [0.05, 0.1) is 16.0 Å². The molecule has 102 valence electrons. The van der Waals surface area contributed by atoms with E-state index < -0.39 is 5.41 Å². The first-order valence-corrected chi connectivity index (χ1v) is 8.34. The second kappa shape index (κ2) is 6.07. The number of carbonyl (C=O) groups is 1. The highest BCUT2D eigenvalue weighted by Gasteiger charge is 2.32. The fraction of sp³-hybridized carbons (Fsp3) is 0.385. The first kappa shape index (κ1) is 14.6. The standard InChI is InChI=1S/C13H16N2OS3/c1-13(2,12(16)14-5-6-17)10-8-19-11(15-10)9-4-3-7-18-9/h3-4,7-8,17H,5-6H2,1-2H3,(H,14,16). The largest absolute Gasteiger partial charge is 0.354 e. The van der Waals surface area contributed by atoms with Crippen molar-refractivity contribution in [2.75, 3.05) is 12.3 Å². The maximum absolute atomic E-state index is 12.1. The summed E-state index contributed by atoms with van der Waals surface area (Å²) in [6.45, 7) is 4.37. The van der Waals surface area contributed by atoms with Gasteiger partial charge in [-0.15, -0.1) is 22.7 Å². The fourth-order valence-electron chi connectivity index (χ4n) is 1.58. The van der Waals surface area contributed by atoms with Crippen molar-refractivity contribution in [1.29, 1.82) is 0 Å². The molecule has 0 aliphatic heterocycles. The zero-order valence-electron chi connectivity index (χ0n) is 10.8. The second-order valence-electron chi connectivity index (χ2n) is 4.62. The average molecular weight is 312 g/mol. The first-order valence-electron chi connectivity index (χ1n) is 5.94. The van der Waals surface area contributed by atoms with Crippen LogP contribution in [0.15, 0.2) is 22.9 Å².